The molecule has 2 aromatic carbocycles. The molecule has 0 heterocycles. The van der Waals surface area contributed by atoms with E-state index in [1.54, 1.807) is 24.8 Å². The first-order chi connectivity index (χ1) is 11.8. The van der Waals surface area contributed by atoms with Crippen molar-refractivity contribution < 1.29 is 14.0 Å². The van der Waals surface area contributed by atoms with Gasteiger partial charge >= 0.3 is 0 Å². The second-order valence-corrected chi connectivity index (χ2v) is 6.45. The topological polar surface area (TPSA) is 49.4 Å². The zero-order valence-corrected chi connectivity index (χ0v) is 15.0. The lowest BCUT2D eigenvalue weighted by Crippen LogP contribution is -2.47. The molecule has 0 spiro atoms. The predicted molar refractivity (Wildman–Crippen MR) is 98.0 cm³/mol. The molecule has 0 bridgehead atoms. The lowest BCUT2D eigenvalue weighted by molar-refractivity contribution is -0.136. The van der Waals surface area contributed by atoms with Crippen molar-refractivity contribution in [3.05, 3.63) is 59.9 Å². The molecule has 0 aromatic heterocycles. The number of hydrogen-bond donors (Lipinski definition) is 1. The van der Waals surface area contributed by atoms with Crippen molar-refractivity contribution in [1.82, 2.24) is 0 Å². The fourth-order valence-electron chi connectivity index (χ4n) is 2.51. The van der Waals surface area contributed by atoms with Gasteiger partial charge in [-0.1, -0.05) is 24.3 Å². The summed E-state index contributed by atoms with van der Waals surface area (Å²) in [7, 11) is 0. The van der Waals surface area contributed by atoms with Crippen LogP contribution in [0.2, 0.25) is 0 Å². The molecule has 0 saturated carbocycles. The Bertz CT molecular complexity index is 787. The van der Waals surface area contributed by atoms with Crippen LogP contribution in [0.1, 0.15) is 26.3 Å². The largest absolute Gasteiger partial charge is 0.323 e. The molecule has 132 valence electrons. The molecule has 0 atom stereocenters. The fraction of sp³-hybridized carbons (Fsp3) is 0.300. The summed E-state index contributed by atoms with van der Waals surface area (Å²) in [5.74, 6) is -1.42. The molecular weight excluding hydrogens is 319 g/mol. The first kappa shape index (κ1) is 18.6. The van der Waals surface area contributed by atoms with Crippen LogP contribution < -0.4 is 10.2 Å². The van der Waals surface area contributed by atoms with Gasteiger partial charge in [-0.05, 0) is 57.5 Å². The Morgan fingerprint density at radius 2 is 1.80 bits per heavy atom. The number of carbonyl (C=O) groups excluding carboxylic acids is 2. The lowest BCUT2D eigenvalue weighted by Gasteiger charge is -2.30. The predicted octanol–water partition coefficient (Wildman–Crippen LogP) is 4.15. The van der Waals surface area contributed by atoms with Crippen molar-refractivity contribution in [3.8, 4) is 0 Å². The Kier molecular flexibility index (Phi) is 5.57. The van der Waals surface area contributed by atoms with Crippen LogP contribution in [0.4, 0.5) is 15.8 Å². The standard InChI is InChI=1S/C20H23FN2O2/c1-5-23(15-10-8-9-14(2)13-15)19(25)20(3,4)18(24)22-17-12-7-6-11-16(17)21/h6-13H,5H2,1-4H3,(H,22,24). The molecule has 0 aliphatic rings. The van der Waals surface area contributed by atoms with Crippen LogP contribution in [0.15, 0.2) is 48.5 Å². The normalized spacial score (nSPS) is 11.1. The van der Waals surface area contributed by atoms with Crippen LogP contribution >= 0.6 is 0 Å². The third-order valence-corrected chi connectivity index (χ3v) is 4.10. The average molecular weight is 342 g/mol. The van der Waals surface area contributed by atoms with Crippen molar-refractivity contribution in [2.45, 2.75) is 27.7 Å². The maximum Gasteiger partial charge on any atom is 0.242 e. The molecule has 2 rings (SSSR count). The Hall–Kier alpha value is -2.69. The highest BCUT2D eigenvalue weighted by atomic mass is 19.1. The zero-order chi connectivity index (χ0) is 18.6. The molecule has 0 radical (unpaired) electrons. The summed E-state index contributed by atoms with van der Waals surface area (Å²) in [6, 6.07) is 13.4. The highest BCUT2D eigenvalue weighted by Crippen LogP contribution is 2.26. The van der Waals surface area contributed by atoms with E-state index < -0.39 is 17.1 Å². The number of amides is 2. The van der Waals surface area contributed by atoms with Gasteiger partial charge in [-0.3, -0.25) is 9.59 Å². The van der Waals surface area contributed by atoms with E-state index in [2.05, 4.69) is 5.32 Å². The molecule has 25 heavy (non-hydrogen) atoms. The number of para-hydroxylation sites is 1. The van der Waals surface area contributed by atoms with Crippen LogP contribution in [-0.4, -0.2) is 18.4 Å². The highest BCUT2D eigenvalue weighted by Gasteiger charge is 2.39. The minimum Gasteiger partial charge on any atom is -0.323 e. The fourth-order valence-corrected chi connectivity index (χ4v) is 2.51. The quantitative estimate of drug-likeness (QED) is 0.830. The van der Waals surface area contributed by atoms with Gasteiger partial charge in [0.2, 0.25) is 11.8 Å². The van der Waals surface area contributed by atoms with Crippen LogP contribution in [0.25, 0.3) is 0 Å². The average Bonchev–Trinajstić information content (AvgIpc) is 2.57. The van der Waals surface area contributed by atoms with Crippen molar-refractivity contribution >= 4 is 23.2 Å². The summed E-state index contributed by atoms with van der Waals surface area (Å²) in [6.07, 6.45) is 0. The summed E-state index contributed by atoms with van der Waals surface area (Å²) in [6.45, 7) is 7.32. The van der Waals surface area contributed by atoms with Crippen LogP contribution in [-0.2, 0) is 9.59 Å². The minimum absolute atomic E-state index is 0.0620. The third-order valence-electron chi connectivity index (χ3n) is 4.10. The minimum atomic E-state index is -1.35. The molecule has 0 aliphatic heterocycles. The second-order valence-electron chi connectivity index (χ2n) is 6.45. The van der Waals surface area contributed by atoms with Crippen LogP contribution in [0.5, 0.6) is 0 Å². The Balaban J connectivity index is 2.25. The van der Waals surface area contributed by atoms with Gasteiger partial charge in [-0.25, -0.2) is 4.39 Å². The first-order valence-electron chi connectivity index (χ1n) is 8.22. The second kappa shape index (κ2) is 7.47. The number of nitrogens with one attached hydrogen (secondary N) is 1. The maximum atomic E-state index is 13.8. The summed E-state index contributed by atoms with van der Waals surface area (Å²) in [5, 5.41) is 2.51. The number of hydrogen-bond acceptors (Lipinski definition) is 2. The van der Waals surface area contributed by atoms with E-state index in [1.165, 1.54) is 18.2 Å². The van der Waals surface area contributed by atoms with Crippen molar-refractivity contribution in [2.24, 2.45) is 5.41 Å². The van der Waals surface area contributed by atoms with E-state index in [-0.39, 0.29) is 11.6 Å². The van der Waals surface area contributed by atoms with Crippen molar-refractivity contribution in [2.75, 3.05) is 16.8 Å². The molecular formula is C20H23FN2O2. The van der Waals surface area contributed by atoms with Crippen molar-refractivity contribution in [1.29, 1.82) is 0 Å². The lowest BCUT2D eigenvalue weighted by atomic mass is 9.89. The molecule has 1 N–H and O–H groups in total. The zero-order valence-electron chi connectivity index (χ0n) is 15.0. The maximum absolute atomic E-state index is 13.8. The number of rotatable bonds is 5. The molecule has 2 amide bonds. The van der Waals surface area contributed by atoms with Gasteiger partial charge in [0.25, 0.3) is 0 Å². The summed E-state index contributed by atoms with van der Waals surface area (Å²) in [5.41, 5.74) is 0.478. The number of nitrogens with zero attached hydrogens (tertiary/aromatic N) is 1. The number of halogens is 1. The van der Waals surface area contributed by atoms with Gasteiger partial charge in [0.1, 0.15) is 11.2 Å². The van der Waals surface area contributed by atoms with Crippen molar-refractivity contribution in [3.63, 3.8) is 0 Å². The molecule has 0 unspecified atom stereocenters. The molecule has 0 saturated heterocycles. The van der Waals surface area contributed by atoms with E-state index in [0.29, 0.717) is 6.54 Å². The summed E-state index contributed by atoms with van der Waals surface area (Å²) >= 11 is 0. The Morgan fingerprint density at radius 3 is 2.40 bits per heavy atom. The SMILES string of the molecule is CCN(C(=O)C(C)(C)C(=O)Nc1ccccc1F)c1cccc(C)c1. The van der Waals surface area contributed by atoms with Gasteiger partial charge in [-0.2, -0.15) is 0 Å². The van der Waals surface area contributed by atoms with Crippen LogP contribution in [0.3, 0.4) is 0 Å². The van der Waals surface area contributed by atoms with Crippen LogP contribution in [0, 0.1) is 18.2 Å². The Labute approximate surface area is 147 Å². The highest BCUT2D eigenvalue weighted by molar-refractivity contribution is 6.14. The molecule has 4 nitrogen and oxygen atoms in total. The monoisotopic (exact) mass is 342 g/mol. The Morgan fingerprint density at radius 1 is 1.12 bits per heavy atom. The number of aryl methyl sites for hydroxylation is 1. The van der Waals surface area contributed by atoms with E-state index in [4.69, 9.17) is 0 Å². The van der Waals surface area contributed by atoms with E-state index in [0.717, 1.165) is 11.3 Å². The van der Waals surface area contributed by atoms with Gasteiger partial charge in [0, 0.05) is 12.2 Å². The van der Waals surface area contributed by atoms with Gasteiger partial charge in [0.05, 0.1) is 5.69 Å². The van der Waals surface area contributed by atoms with Gasteiger partial charge < -0.3 is 10.2 Å². The number of anilines is 2. The summed E-state index contributed by atoms with van der Waals surface area (Å²) < 4.78 is 13.8. The number of carbonyl (C=O) groups is 2. The number of benzene rings is 2. The smallest absolute Gasteiger partial charge is 0.242 e. The van der Waals surface area contributed by atoms with E-state index in [9.17, 15) is 14.0 Å². The third kappa shape index (κ3) is 4.05. The van der Waals surface area contributed by atoms with Gasteiger partial charge in [0.15, 0.2) is 0 Å². The molecule has 0 aliphatic carbocycles. The molecule has 5 heteroatoms. The first-order valence-corrected chi connectivity index (χ1v) is 8.22. The summed E-state index contributed by atoms with van der Waals surface area (Å²) in [4.78, 5) is 27.2. The van der Waals surface area contributed by atoms with Gasteiger partial charge in [-0.15, -0.1) is 0 Å². The molecule has 0 fully saturated rings. The van der Waals surface area contributed by atoms with E-state index >= 15 is 0 Å². The van der Waals surface area contributed by atoms with E-state index in [1.807, 2.05) is 38.1 Å². The molecule has 2 aromatic rings.